The summed E-state index contributed by atoms with van der Waals surface area (Å²) in [6, 6.07) is 14.8. The summed E-state index contributed by atoms with van der Waals surface area (Å²) in [6.07, 6.45) is 1.58. The van der Waals surface area contributed by atoms with Crippen molar-refractivity contribution in [2.45, 2.75) is 13.1 Å². The number of rotatable bonds is 6. The highest BCUT2D eigenvalue weighted by Gasteiger charge is 2.04. The number of nitrogens with one attached hydrogen (secondary N) is 2. The fourth-order valence-corrected chi connectivity index (χ4v) is 2.19. The average Bonchev–Trinajstić information content (AvgIpc) is 2.61. The fraction of sp³-hybridized carbons (Fsp3) is 0.111. The summed E-state index contributed by atoms with van der Waals surface area (Å²) in [6.45, 7) is 0.597. The largest absolute Gasteiger partial charge is 0.366 e. The third kappa shape index (κ3) is 4.04. The van der Waals surface area contributed by atoms with Crippen molar-refractivity contribution in [2.75, 3.05) is 10.6 Å². The number of aromatic nitrogens is 2. The van der Waals surface area contributed by atoms with E-state index in [2.05, 4.69) is 20.6 Å². The van der Waals surface area contributed by atoms with Crippen molar-refractivity contribution >= 4 is 11.8 Å². The van der Waals surface area contributed by atoms with Gasteiger partial charge >= 0.3 is 0 Å². The zero-order chi connectivity index (χ0) is 16.8. The molecular weight excluding hydrogens is 310 g/mol. The van der Waals surface area contributed by atoms with Crippen LogP contribution in [0.4, 0.5) is 20.5 Å². The normalized spacial score (nSPS) is 10.4. The van der Waals surface area contributed by atoms with E-state index in [1.165, 1.54) is 12.1 Å². The first-order valence-electron chi connectivity index (χ1n) is 7.50. The van der Waals surface area contributed by atoms with Crippen LogP contribution in [0, 0.1) is 11.6 Å². The molecule has 0 radical (unpaired) electrons. The lowest BCUT2D eigenvalue weighted by Crippen LogP contribution is -2.08. The molecule has 0 atom stereocenters. The van der Waals surface area contributed by atoms with E-state index in [0.29, 0.717) is 29.4 Å². The maximum atomic E-state index is 13.6. The topological polar surface area (TPSA) is 49.8 Å². The van der Waals surface area contributed by atoms with E-state index in [1.807, 2.05) is 0 Å². The van der Waals surface area contributed by atoms with E-state index in [4.69, 9.17) is 0 Å². The lowest BCUT2D eigenvalue weighted by atomic mass is 10.2. The molecule has 0 aliphatic heterocycles. The first-order valence-corrected chi connectivity index (χ1v) is 7.50. The highest BCUT2D eigenvalue weighted by molar-refractivity contribution is 5.40. The molecule has 0 fully saturated rings. The van der Waals surface area contributed by atoms with Crippen LogP contribution in [0.5, 0.6) is 0 Å². The van der Waals surface area contributed by atoms with E-state index < -0.39 is 0 Å². The van der Waals surface area contributed by atoms with Gasteiger partial charge in [0.05, 0.1) is 0 Å². The van der Waals surface area contributed by atoms with Gasteiger partial charge in [0.2, 0.25) is 5.95 Å². The summed E-state index contributed by atoms with van der Waals surface area (Å²) in [5.41, 5.74) is 1.09. The summed E-state index contributed by atoms with van der Waals surface area (Å²) in [5, 5.41) is 6.02. The summed E-state index contributed by atoms with van der Waals surface area (Å²) >= 11 is 0. The smallest absolute Gasteiger partial charge is 0.224 e. The van der Waals surface area contributed by atoms with Crippen molar-refractivity contribution in [1.82, 2.24) is 9.97 Å². The highest BCUT2D eigenvalue weighted by atomic mass is 19.1. The molecule has 4 nitrogen and oxygen atoms in total. The van der Waals surface area contributed by atoms with Crippen molar-refractivity contribution in [3.63, 3.8) is 0 Å². The number of anilines is 2. The van der Waals surface area contributed by atoms with Gasteiger partial charge in [-0.3, -0.25) is 0 Å². The van der Waals surface area contributed by atoms with Crippen molar-refractivity contribution in [1.29, 1.82) is 0 Å². The molecule has 3 rings (SSSR count). The fourth-order valence-electron chi connectivity index (χ4n) is 2.19. The van der Waals surface area contributed by atoms with Gasteiger partial charge in [0.25, 0.3) is 0 Å². The molecule has 122 valence electrons. The SMILES string of the molecule is Fc1ccccc1CNc1ccnc(NCc2ccccc2F)n1. The lowest BCUT2D eigenvalue weighted by Gasteiger charge is -2.09. The molecule has 3 aromatic rings. The predicted octanol–water partition coefficient (Wildman–Crippen LogP) is 3.98. The van der Waals surface area contributed by atoms with Gasteiger partial charge < -0.3 is 10.6 Å². The van der Waals surface area contributed by atoms with Crippen LogP contribution in [0.3, 0.4) is 0 Å². The minimum Gasteiger partial charge on any atom is -0.366 e. The molecule has 2 N–H and O–H groups in total. The monoisotopic (exact) mass is 326 g/mol. The van der Waals surface area contributed by atoms with Gasteiger partial charge in [-0.1, -0.05) is 36.4 Å². The Balaban J connectivity index is 1.62. The van der Waals surface area contributed by atoms with Gasteiger partial charge in [-0.15, -0.1) is 0 Å². The second-order valence-electron chi connectivity index (χ2n) is 5.16. The minimum absolute atomic E-state index is 0.267. The van der Waals surface area contributed by atoms with Crippen LogP contribution in [0.2, 0.25) is 0 Å². The van der Waals surface area contributed by atoms with E-state index >= 15 is 0 Å². The molecule has 0 aliphatic carbocycles. The Morgan fingerprint density at radius 3 is 1.96 bits per heavy atom. The maximum Gasteiger partial charge on any atom is 0.224 e. The van der Waals surface area contributed by atoms with Gasteiger partial charge in [-0.25, -0.2) is 13.8 Å². The molecule has 1 aromatic heterocycles. The van der Waals surface area contributed by atoms with E-state index in [0.717, 1.165) is 0 Å². The minimum atomic E-state index is -0.279. The van der Waals surface area contributed by atoms with E-state index in [9.17, 15) is 8.78 Å². The number of hydrogen-bond acceptors (Lipinski definition) is 4. The second kappa shape index (κ2) is 7.50. The Labute approximate surface area is 138 Å². The number of nitrogens with zero attached hydrogens (tertiary/aromatic N) is 2. The molecule has 0 saturated heterocycles. The molecule has 0 saturated carbocycles. The summed E-state index contributed by atoms with van der Waals surface area (Å²) in [7, 11) is 0. The second-order valence-corrected chi connectivity index (χ2v) is 5.16. The third-order valence-corrected chi connectivity index (χ3v) is 3.47. The molecule has 2 aromatic carbocycles. The van der Waals surface area contributed by atoms with Crippen molar-refractivity contribution in [3.8, 4) is 0 Å². The van der Waals surface area contributed by atoms with Gasteiger partial charge in [-0.05, 0) is 18.2 Å². The van der Waals surface area contributed by atoms with Crippen LogP contribution >= 0.6 is 0 Å². The van der Waals surface area contributed by atoms with E-state index in [-0.39, 0.29) is 18.2 Å². The summed E-state index contributed by atoms with van der Waals surface area (Å²) in [5.74, 6) is 0.386. The summed E-state index contributed by atoms with van der Waals surface area (Å²) in [4.78, 5) is 8.38. The Morgan fingerprint density at radius 2 is 1.33 bits per heavy atom. The average molecular weight is 326 g/mol. The molecule has 24 heavy (non-hydrogen) atoms. The zero-order valence-electron chi connectivity index (χ0n) is 12.8. The molecule has 6 heteroatoms. The zero-order valence-corrected chi connectivity index (χ0v) is 12.8. The summed E-state index contributed by atoms with van der Waals surface area (Å²) < 4.78 is 27.2. The standard InChI is InChI=1S/C18H16F2N4/c19-15-7-3-1-5-13(15)11-22-17-9-10-21-18(24-17)23-12-14-6-2-4-8-16(14)20/h1-10H,11-12H2,(H2,21,22,23,24). The first kappa shape index (κ1) is 15.9. The first-order chi connectivity index (χ1) is 11.7. The van der Waals surface area contributed by atoms with E-state index in [1.54, 1.807) is 48.7 Å². The molecule has 1 heterocycles. The molecule has 0 aliphatic rings. The predicted molar refractivity (Wildman–Crippen MR) is 89.5 cm³/mol. The van der Waals surface area contributed by atoms with Crippen LogP contribution in [-0.2, 0) is 13.1 Å². The highest BCUT2D eigenvalue weighted by Crippen LogP contribution is 2.12. The van der Waals surface area contributed by atoms with Crippen LogP contribution in [0.25, 0.3) is 0 Å². The Hall–Kier alpha value is -3.02. The Bertz CT molecular complexity index is 759. The molecule has 0 amide bonds. The van der Waals surface area contributed by atoms with Crippen molar-refractivity contribution in [2.24, 2.45) is 0 Å². The van der Waals surface area contributed by atoms with Gasteiger partial charge in [-0.2, -0.15) is 4.98 Å². The Kier molecular flexibility index (Phi) is 4.96. The van der Waals surface area contributed by atoms with Gasteiger partial charge in [0, 0.05) is 30.4 Å². The van der Waals surface area contributed by atoms with Crippen LogP contribution < -0.4 is 10.6 Å². The number of benzene rings is 2. The molecule has 0 unspecified atom stereocenters. The van der Waals surface area contributed by atoms with Crippen molar-refractivity contribution in [3.05, 3.63) is 83.6 Å². The van der Waals surface area contributed by atoms with Crippen LogP contribution in [0.15, 0.2) is 60.8 Å². The number of halogens is 2. The molecule has 0 spiro atoms. The van der Waals surface area contributed by atoms with Gasteiger partial charge in [0.15, 0.2) is 0 Å². The Morgan fingerprint density at radius 1 is 0.750 bits per heavy atom. The lowest BCUT2D eigenvalue weighted by molar-refractivity contribution is 0.612. The van der Waals surface area contributed by atoms with Gasteiger partial charge in [0.1, 0.15) is 17.5 Å². The number of hydrogen-bond donors (Lipinski definition) is 2. The van der Waals surface area contributed by atoms with Crippen molar-refractivity contribution < 1.29 is 8.78 Å². The molecule has 0 bridgehead atoms. The van der Waals surface area contributed by atoms with Crippen LogP contribution in [0.1, 0.15) is 11.1 Å². The molecular formula is C18H16F2N4. The third-order valence-electron chi connectivity index (χ3n) is 3.47. The van der Waals surface area contributed by atoms with Crippen LogP contribution in [-0.4, -0.2) is 9.97 Å². The maximum absolute atomic E-state index is 13.6. The quantitative estimate of drug-likeness (QED) is 0.719.